The van der Waals surface area contributed by atoms with Crippen LogP contribution in [-0.2, 0) is 0 Å². The average molecular weight is 320 g/mol. The molecule has 0 saturated carbocycles. The van der Waals surface area contributed by atoms with Gasteiger partial charge in [0.1, 0.15) is 0 Å². The maximum Gasteiger partial charge on any atom is 0.258 e. The van der Waals surface area contributed by atoms with Crippen LogP contribution in [0.5, 0.6) is 0 Å². The van der Waals surface area contributed by atoms with Crippen molar-refractivity contribution in [1.82, 2.24) is 15.1 Å². The van der Waals surface area contributed by atoms with Crippen molar-refractivity contribution in [3.8, 4) is 22.8 Å². The average Bonchev–Trinajstić information content (AvgIpc) is 3.13. The van der Waals surface area contributed by atoms with Crippen molar-refractivity contribution in [3.05, 3.63) is 48.3 Å². The Morgan fingerprint density at radius 3 is 2.50 bits per heavy atom. The first-order chi connectivity index (χ1) is 11.8. The molecule has 1 saturated heterocycles. The molecule has 0 spiro atoms. The van der Waals surface area contributed by atoms with Crippen molar-refractivity contribution in [2.75, 3.05) is 18.0 Å². The molecule has 0 amide bonds. The van der Waals surface area contributed by atoms with Crippen LogP contribution in [0, 0.1) is 6.92 Å². The lowest BCUT2D eigenvalue weighted by atomic mass is 10.1. The molecule has 0 N–H and O–H groups in total. The molecule has 0 bridgehead atoms. The fourth-order valence-corrected chi connectivity index (χ4v) is 3.11. The maximum absolute atomic E-state index is 5.41. The molecule has 2 aromatic heterocycles. The Hall–Kier alpha value is -2.69. The number of hydrogen-bond donors (Lipinski definition) is 0. The highest BCUT2D eigenvalue weighted by Crippen LogP contribution is 2.25. The largest absolute Gasteiger partial charge is 0.372 e. The minimum absolute atomic E-state index is 0.524. The summed E-state index contributed by atoms with van der Waals surface area (Å²) in [6.45, 7) is 4.24. The molecule has 5 heteroatoms. The molecule has 0 radical (unpaired) electrons. The molecule has 0 atom stereocenters. The zero-order valence-corrected chi connectivity index (χ0v) is 13.8. The molecule has 4 rings (SSSR count). The standard InChI is InChI=1S/C19H20N4O/c1-14-13-16(9-10-20-14)19-21-18(22-24-19)15-5-7-17(8-6-15)23-11-3-2-4-12-23/h5-10,13H,2-4,11-12H2,1H3. The molecule has 1 aliphatic heterocycles. The highest BCUT2D eigenvalue weighted by molar-refractivity contribution is 5.62. The lowest BCUT2D eigenvalue weighted by Crippen LogP contribution is -2.29. The summed E-state index contributed by atoms with van der Waals surface area (Å²) in [5.74, 6) is 1.14. The number of rotatable bonds is 3. The van der Waals surface area contributed by atoms with E-state index >= 15 is 0 Å². The first-order valence-electron chi connectivity index (χ1n) is 8.42. The molecular formula is C19H20N4O. The SMILES string of the molecule is Cc1cc(-c2nc(-c3ccc(N4CCCCC4)cc3)no2)ccn1. The molecular weight excluding hydrogens is 300 g/mol. The zero-order chi connectivity index (χ0) is 16.4. The smallest absolute Gasteiger partial charge is 0.258 e. The monoisotopic (exact) mass is 320 g/mol. The second-order valence-electron chi connectivity index (χ2n) is 6.20. The summed E-state index contributed by atoms with van der Waals surface area (Å²) in [5, 5.41) is 4.11. The maximum atomic E-state index is 5.41. The van der Waals surface area contributed by atoms with E-state index in [1.165, 1.54) is 24.9 Å². The van der Waals surface area contributed by atoms with Crippen molar-refractivity contribution in [2.24, 2.45) is 0 Å². The van der Waals surface area contributed by atoms with Crippen LogP contribution in [-0.4, -0.2) is 28.2 Å². The van der Waals surface area contributed by atoms with Crippen LogP contribution in [0.1, 0.15) is 25.0 Å². The minimum atomic E-state index is 0.524. The van der Waals surface area contributed by atoms with Crippen LogP contribution < -0.4 is 4.90 Å². The third-order valence-corrected chi connectivity index (χ3v) is 4.42. The van der Waals surface area contributed by atoms with Crippen molar-refractivity contribution in [1.29, 1.82) is 0 Å². The second-order valence-corrected chi connectivity index (χ2v) is 6.20. The fourth-order valence-electron chi connectivity index (χ4n) is 3.11. The quantitative estimate of drug-likeness (QED) is 0.727. The van der Waals surface area contributed by atoms with Crippen LogP contribution >= 0.6 is 0 Å². The number of hydrogen-bond acceptors (Lipinski definition) is 5. The predicted molar refractivity (Wildman–Crippen MR) is 93.8 cm³/mol. The highest BCUT2D eigenvalue weighted by atomic mass is 16.5. The van der Waals surface area contributed by atoms with E-state index in [4.69, 9.17) is 4.52 Å². The first-order valence-corrected chi connectivity index (χ1v) is 8.42. The number of pyridine rings is 1. The molecule has 122 valence electrons. The van der Waals surface area contributed by atoms with Gasteiger partial charge in [0.15, 0.2) is 0 Å². The summed E-state index contributed by atoms with van der Waals surface area (Å²) in [6.07, 6.45) is 5.65. The molecule has 1 aromatic carbocycles. The van der Waals surface area contributed by atoms with E-state index in [0.29, 0.717) is 11.7 Å². The van der Waals surface area contributed by atoms with Gasteiger partial charge in [-0.2, -0.15) is 4.98 Å². The fraction of sp³-hybridized carbons (Fsp3) is 0.316. The second kappa shape index (κ2) is 6.43. The number of nitrogens with zero attached hydrogens (tertiary/aromatic N) is 4. The van der Waals surface area contributed by atoms with Gasteiger partial charge in [0.05, 0.1) is 0 Å². The van der Waals surface area contributed by atoms with E-state index in [2.05, 4.69) is 44.3 Å². The predicted octanol–water partition coefficient (Wildman–Crippen LogP) is 4.10. The first kappa shape index (κ1) is 14.9. The van der Waals surface area contributed by atoms with Gasteiger partial charge in [-0.15, -0.1) is 0 Å². The van der Waals surface area contributed by atoms with Crippen molar-refractivity contribution >= 4 is 5.69 Å². The number of anilines is 1. The van der Waals surface area contributed by atoms with Crippen LogP contribution in [0.25, 0.3) is 22.8 Å². The van der Waals surface area contributed by atoms with Crippen molar-refractivity contribution in [3.63, 3.8) is 0 Å². The lowest BCUT2D eigenvalue weighted by Gasteiger charge is -2.28. The summed E-state index contributed by atoms with van der Waals surface area (Å²) >= 11 is 0. The number of benzene rings is 1. The van der Waals surface area contributed by atoms with E-state index in [0.717, 1.165) is 29.9 Å². The molecule has 3 heterocycles. The Kier molecular flexibility index (Phi) is 3.99. The molecule has 3 aromatic rings. The topological polar surface area (TPSA) is 55.1 Å². The zero-order valence-electron chi connectivity index (χ0n) is 13.8. The summed E-state index contributed by atoms with van der Waals surface area (Å²) in [7, 11) is 0. The van der Waals surface area contributed by atoms with E-state index in [-0.39, 0.29) is 0 Å². The Morgan fingerprint density at radius 2 is 1.75 bits per heavy atom. The summed E-state index contributed by atoms with van der Waals surface area (Å²) in [5.41, 5.74) is 4.06. The number of aromatic nitrogens is 3. The van der Waals surface area contributed by atoms with Crippen molar-refractivity contribution < 1.29 is 4.52 Å². The summed E-state index contributed by atoms with van der Waals surface area (Å²) in [6, 6.07) is 12.2. The summed E-state index contributed by atoms with van der Waals surface area (Å²) in [4.78, 5) is 11.1. The third kappa shape index (κ3) is 3.02. The molecule has 5 nitrogen and oxygen atoms in total. The normalized spacial score (nSPS) is 14.8. The van der Waals surface area contributed by atoms with E-state index in [9.17, 15) is 0 Å². The van der Waals surface area contributed by atoms with E-state index in [1.807, 2.05) is 19.1 Å². The Balaban J connectivity index is 1.56. The minimum Gasteiger partial charge on any atom is -0.372 e. The molecule has 1 aliphatic rings. The van der Waals surface area contributed by atoms with Gasteiger partial charge < -0.3 is 9.42 Å². The van der Waals surface area contributed by atoms with Crippen molar-refractivity contribution in [2.45, 2.75) is 26.2 Å². The van der Waals surface area contributed by atoms with Crippen LogP contribution in [0.3, 0.4) is 0 Å². The van der Waals surface area contributed by atoms with E-state index in [1.54, 1.807) is 6.20 Å². The summed E-state index contributed by atoms with van der Waals surface area (Å²) < 4.78 is 5.41. The molecule has 0 unspecified atom stereocenters. The van der Waals surface area contributed by atoms with Gasteiger partial charge in [-0.05, 0) is 62.6 Å². The third-order valence-electron chi connectivity index (χ3n) is 4.42. The van der Waals surface area contributed by atoms with Crippen LogP contribution in [0.15, 0.2) is 47.1 Å². The molecule has 24 heavy (non-hydrogen) atoms. The molecule has 1 fully saturated rings. The number of piperidine rings is 1. The highest BCUT2D eigenvalue weighted by Gasteiger charge is 2.13. The Morgan fingerprint density at radius 1 is 0.958 bits per heavy atom. The van der Waals surface area contributed by atoms with Gasteiger partial charge in [0, 0.05) is 41.8 Å². The van der Waals surface area contributed by atoms with Gasteiger partial charge in [-0.25, -0.2) is 0 Å². The van der Waals surface area contributed by atoms with Gasteiger partial charge in [-0.3, -0.25) is 4.98 Å². The Labute approximate surface area is 141 Å². The van der Waals surface area contributed by atoms with E-state index < -0.39 is 0 Å². The van der Waals surface area contributed by atoms with Gasteiger partial charge in [-0.1, -0.05) is 5.16 Å². The molecule has 0 aliphatic carbocycles. The number of aryl methyl sites for hydroxylation is 1. The van der Waals surface area contributed by atoms with Crippen LogP contribution in [0.4, 0.5) is 5.69 Å². The van der Waals surface area contributed by atoms with Gasteiger partial charge in [0.2, 0.25) is 5.82 Å². The van der Waals surface area contributed by atoms with Crippen LogP contribution in [0.2, 0.25) is 0 Å². The van der Waals surface area contributed by atoms with Gasteiger partial charge >= 0.3 is 0 Å². The van der Waals surface area contributed by atoms with Gasteiger partial charge in [0.25, 0.3) is 5.89 Å². The lowest BCUT2D eigenvalue weighted by molar-refractivity contribution is 0.432. The Bertz CT molecular complexity index is 819.